The molecule has 0 fully saturated rings. The van der Waals surface area contributed by atoms with Crippen LogP contribution in [0, 0.1) is 17.1 Å². The molecule has 0 unspecified atom stereocenters. The first-order valence-electron chi connectivity index (χ1n) is 6.91. The topological polar surface area (TPSA) is 70.3 Å². The third kappa shape index (κ3) is 4.26. The number of halogens is 3. The molecule has 2 rings (SSSR count). The third-order valence-corrected chi connectivity index (χ3v) is 3.21. The normalized spacial score (nSPS) is 10.5. The van der Waals surface area contributed by atoms with Crippen molar-refractivity contribution in [3.8, 4) is 17.6 Å². The van der Waals surface area contributed by atoms with Gasteiger partial charge in [-0.15, -0.1) is 0 Å². The van der Waals surface area contributed by atoms with Crippen molar-refractivity contribution < 1.29 is 27.8 Å². The van der Waals surface area contributed by atoms with Crippen LogP contribution in [0.15, 0.2) is 36.4 Å². The molecule has 0 aliphatic rings. The van der Waals surface area contributed by atoms with Gasteiger partial charge in [-0.2, -0.15) is 5.26 Å². The summed E-state index contributed by atoms with van der Waals surface area (Å²) in [6, 6.07) is 9.05. The van der Waals surface area contributed by atoms with Crippen molar-refractivity contribution in [2.75, 3.05) is 0 Å². The highest BCUT2D eigenvalue weighted by Crippen LogP contribution is 2.36. The molecule has 0 aliphatic heterocycles. The standard InChI is InChI=1S/C17H12F3NO3/c18-12-6-10(9-21)7-13(8-12)24-14-3-1-2-11(4-5-15(22)23)16(14)17(19)20/h1-3,6-8,17H,4-5H2,(H,22,23). The number of carboxylic acids is 1. The fourth-order valence-corrected chi connectivity index (χ4v) is 2.20. The monoisotopic (exact) mass is 335 g/mol. The Labute approximate surface area is 135 Å². The van der Waals surface area contributed by atoms with Gasteiger partial charge < -0.3 is 9.84 Å². The molecule has 124 valence electrons. The summed E-state index contributed by atoms with van der Waals surface area (Å²) in [5, 5.41) is 17.5. The van der Waals surface area contributed by atoms with Gasteiger partial charge in [0.1, 0.15) is 17.3 Å². The van der Waals surface area contributed by atoms with Gasteiger partial charge in [-0.3, -0.25) is 4.79 Å². The smallest absolute Gasteiger partial charge is 0.303 e. The van der Waals surface area contributed by atoms with Crippen LogP contribution in [0.3, 0.4) is 0 Å². The largest absolute Gasteiger partial charge is 0.481 e. The molecule has 0 heterocycles. The Kier molecular flexibility index (Phi) is 5.42. The second-order valence-corrected chi connectivity index (χ2v) is 4.91. The first kappa shape index (κ1) is 17.3. The minimum absolute atomic E-state index is 0.00868. The summed E-state index contributed by atoms with van der Waals surface area (Å²) in [5.74, 6) is -2.14. The van der Waals surface area contributed by atoms with Crippen LogP contribution in [-0.2, 0) is 11.2 Å². The predicted molar refractivity (Wildman–Crippen MR) is 78.5 cm³/mol. The van der Waals surface area contributed by atoms with Gasteiger partial charge in [0, 0.05) is 12.5 Å². The van der Waals surface area contributed by atoms with Crippen LogP contribution >= 0.6 is 0 Å². The van der Waals surface area contributed by atoms with Crippen molar-refractivity contribution in [2.24, 2.45) is 0 Å². The highest BCUT2D eigenvalue weighted by molar-refractivity contribution is 5.67. The van der Waals surface area contributed by atoms with Crippen molar-refractivity contribution in [2.45, 2.75) is 19.3 Å². The van der Waals surface area contributed by atoms with Gasteiger partial charge in [0.2, 0.25) is 0 Å². The molecular weight excluding hydrogens is 323 g/mol. The Bertz CT molecular complexity index is 800. The molecule has 0 aliphatic carbocycles. The summed E-state index contributed by atoms with van der Waals surface area (Å²) >= 11 is 0. The van der Waals surface area contributed by atoms with E-state index in [1.807, 2.05) is 0 Å². The van der Waals surface area contributed by atoms with Gasteiger partial charge in [0.25, 0.3) is 6.43 Å². The van der Waals surface area contributed by atoms with Crippen LogP contribution in [0.2, 0.25) is 0 Å². The zero-order valence-corrected chi connectivity index (χ0v) is 12.3. The molecule has 0 radical (unpaired) electrons. The summed E-state index contributed by atoms with van der Waals surface area (Å²) in [5.41, 5.74) is -0.311. The Morgan fingerprint density at radius 3 is 2.67 bits per heavy atom. The number of nitriles is 1. The lowest BCUT2D eigenvalue weighted by Crippen LogP contribution is -2.03. The van der Waals surface area contributed by atoms with Gasteiger partial charge in [0.15, 0.2) is 0 Å². The third-order valence-electron chi connectivity index (χ3n) is 3.21. The summed E-state index contributed by atoms with van der Waals surface area (Å²) in [4.78, 5) is 10.6. The second-order valence-electron chi connectivity index (χ2n) is 4.91. The highest BCUT2D eigenvalue weighted by atomic mass is 19.3. The fourth-order valence-electron chi connectivity index (χ4n) is 2.20. The van der Waals surface area contributed by atoms with Crippen molar-refractivity contribution in [1.82, 2.24) is 0 Å². The lowest BCUT2D eigenvalue weighted by molar-refractivity contribution is -0.136. The molecule has 0 aromatic heterocycles. The van der Waals surface area contributed by atoms with Crippen LogP contribution in [0.25, 0.3) is 0 Å². The molecule has 0 spiro atoms. The van der Waals surface area contributed by atoms with E-state index in [1.54, 1.807) is 6.07 Å². The molecule has 4 nitrogen and oxygen atoms in total. The van der Waals surface area contributed by atoms with Crippen molar-refractivity contribution >= 4 is 5.97 Å². The van der Waals surface area contributed by atoms with Crippen LogP contribution in [-0.4, -0.2) is 11.1 Å². The van der Waals surface area contributed by atoms with Crippen LogP contribution in [0.5, 0.6) is 11.5 Å². The van der Waals surface area contributed by atoms with E-state index in [9.17, 15) is 18.0 Å². The molecule has 0 amide bonds. The molecule has 24 heavy (non-hydrogen) atoms. The maximum Gasteiger partial charge on any atom is 0.303 e. The average molecular weight is 335 g/mol. The molecule has 0 saturated carbocycles. The fraction of sp³-hybridized carbons (Fsp3) is 0.176. The van der Waals surface area contributed by atoms with E-state index in [0.717, 1.165) is 12.1 Å². The number of alkyl halides is 2. The van der Waals surface area contributed by atoms with E-state index < -0.39 is 23.8 Å². The average Bonchev–Trinajstić information content (AvgIpc) is 2.52. The number of benzene rings is 2. The lowest BCUT2D eigenvalue weighted by atomic mass is 10.0. The molecule has 2 aromatic carbocycles. The van der Waals surface area contributed by atoms with E-state index in [0.29, 0.717) is 0 Å². The molecule has 2 aromatic rings. The van der Waals surface area contributed by atoms with Gasteiger partial charge in [-0.1, -0.05) is 12.1 Å². The van der Waals surface area contributed by atoms with Gasteiger partial charge in [-0.05, 0) is 30.2 Å². The first-order chi connectivity index (χ1) is 11.4. The number of hydrogen-bond donors (Lipinski definition) is 1. The number of aryl methyl sites for hydroxylation is 1. The van der Waals surface area contributed by atoms with Crippen molar-refractivity contribution in [1.29, 1.82) is 5.26 Å². The molecule has 7 heteroatoms. The minimum Gasteiger partial charge on any atom is -0.481 e. The van der Waals surface area contributed by atoms with Gasteiger partial charge in [0.05, 0.1) is 17.2 Å². The van der Waals surface area contributed by atoms with E-state index in [-0.39, 0.29) is 35.5 Å². The Morgan fingerprint density at radius 2 is 2.04 bits per heavy atom. The Balaban J connectivity index is 2.39. The Morgan fingerprint density at radius 1 is 1.29 bits per heavy atom. The summed E-state index contributed by atoms with van der Waals surface area (Å²) in [6.07, 6.45) is -3.28. The quantitative estimate of drug-likeness (QED) is 0.847. The van der Waals surface area contributed by atoms with Crippen molar-refractivity contribution in [3.63, 3.8) is 0 Å². The number of carboxylic acid groups (broad SMARTS) is 1. The number of hydrogen-bond acceptors (Lipinski definition) is 3. The number of carbonyl (C=O) groups is 1. The lowest BCUT2D eigenvalue weighted by Gasteiger charge is -2.15. The molecule has 0 saturated heterocycles. The second kappa shape index (κ2) is 7.51. The molecule has 0 atom stereocenters. The van der Waals surface area contributed by atoms with Crippen LogP contribution in [0.1, 0.15) is 29.5 Å². The zero-order chi connectivity index (χ0) is 17.7. The number of nitrogens with zero attached hydrogens (tertiary/aromatic N) is 1. The van der Waals surface area contributed by atoms with Gasteiger partial charge in [-0.25, -0.2) is 13.2 Å². The summed E-state index contributed by atoms with van der Waals surface area (Å²) < 4.78 is 45.5. The zero-order valence-electron chi connectivity index (χ0n) is 12.3. The molecular formula is C17H12F3NO3. The van der Waals surface area contributed by atoms with E-state index in [4.69, 9.17) is 15.1 Å². The number of rotatable bonds is 6. The summed E-state index contributed by atoms with van der Waals surface area (Å²) in [6.45, 7) is 0. The molecule has 1 N–H and O–H groups in total. The van der Waals surface area contributed by atoms with Gasteiger partial charge >= 0.3 is 5.97 Å². The SMILES string of the molecule is N#Cc1cc(F)cc(Oc2cccc(CCC(=O)O)c2C(F)F)c1. The first-order valence-corrected chi connectivity index (χ1v) is 6.91. The highest BCUT2D eigenvalue weighted by Gasteiger charge is 2.20. The number of ether oxygens (including phenoxy) is 1. The minimum atomic E-state index is -2.89. The van der Waals surface area contributed by atoms with E-state index in [2.05, 4.69) is 0 Å². The maximum atomic E-state index is 13.4. The summed E-state index contributed by atoms with van der Waals surface area (Å²) in [7, 11) is 0. The van der Waals surface area contributed by atoms with E-state index >= 15 is 0 Å². The number of aliphatic carboxylic acids is 1. The van der Waals surface area contributed by atoms with Crippen LogP contribution < -0.4 is 4.74 Å². The predicted octanol–water partition coefficient (Wildman–Crippen LogP) is 4.44. The Hall–Kier alpha value is -3.01. The maximum absolute atomic E-state index is 13.4. The molecule has 0 bridgehead atoms. The van der Waals surface area contributed by atoms with Crippen molar-refractivity contribution in [3.05, 3.63) is 58.9 Å². The van der Waals surface area contributed by atoms with E-state index in [1.165, 1.54) is 24.3 Å². The van der Waals surface area contributed by atoms with Crippen LogP contribution in [0.4, 0.5) is 13.2 Å².